The summed E-state index contributed by atoms with van der Waals surface area (Å²) in [5.41, 5.74) is 0.291. The van der Waals surface area contributed by atoms with Crippen LogP contribution in [0.3, 0.4) is 0 Å². The van der Waals surface area contributed by atoms with E-state index in [0.29, 0.717) is 20.9 Å². The predicted molar refractivity (Wildman–Crippen MR) is 61.0 cm³/mol. The van der Waals surface area contributed by atoms with Gasteiger partial charge < -0.3 is 10.1 Å². The van der Waals surface area contributed by atoms with Gasteiger partial charge in [-0.15, -0.1) is 0 Å². The Bertz CT molecular complexity index is 604. The second-order valence-electron chi connectivity index (χ2n) is 3.24. The Kier molecular flexibility index (Phi) is 2.37. The highest BCUT2D eigenvalue weighted by molar-refractivity contribution is 6.38. The Labute approximate surface area is 95.3 Å². The van der Waals surface area contributed by atoms with E-state index in [1.807, 2.05) is 0 Å². The maximum atomic E-state index is 11.4. The lowest BCUT2D eigenvalue weighted by molar-refractivity contribution is 0.476. The lowest BCUT2D eigenvalue weighted by Crippen LogP contribution is -2.09. The molecule has 0 amide bonds. The zero-order valence-corrected chi connectivity index (χ0v) is 9.28. The van der Waals surface area contributed by atoms with Crippen LogP contribution in [0.4, 0.5) is 0 Å². The van der Waals surface area contributed by atoms with Crippen LogP contribution < -0.4 is 5.56 Å². The Balaban J connectivity index is 3.05. The number of fused-ring (bicyclic) bond motifs is 1. The van der Waals surface area contributed by atoms with Crippen molar-refractivity contribution in [3.05, 3.63) is 38.1 Å². The van der Waals surface area contributed by atoms with Gasteiger partial charge in [0.25, 0.3) is 5.56 Å². The lowest BCUT2D eigenvalue weighted by atomic mass is 10.1. The van der Waals surface area contributed by atoms with Gasteiger partial charge in [-0.1, -0.05) is 23.2 Å². The van der Waals surface area contributed by atoms with Crippen LogP contribution in [0.5, 0.6) is 5.75 Å². The summed E-state index contributed by atoms with van der Waals surface area (Å²) in [5, 5.41) is 10.9. The number of pyridine rings is 1. The molecule has 1 heterocycles. The first-order valence-electron chi connectivity index (χ1n) is 4.21. The van der Waals surface area contributed by atoms with Crippen molar-refractivity contribution in [3.8, 4) is 5.75 Å². The van der Waals surface area contributed by atoms with Gasteiger partial charge in [-0.3, -0.25) is 4.79 Å². The van der Waals surface area contributed by atoms with Crippen molar-refractivity contribution in [1.82, 2.24) is 4.98 Å². The third-order valence-corrected chi connectivity index (χ3v) is 2.76. The lowest BCUT2D eigenvalue weighted by Gasteiger charge is -2.05. The molecule has 2 rings (SSSR count). The monoisotopic (exact) mass is 243 g/mol. The van der Waals surface area contributed by atoms with Crippen LogP contribution >= 0.6 is 23.2 Å². The maximum absolute atomic E-state index is 11.4. The largest absolute Gasteiger partial charge is 0.507 e. The first-order valence-corrected chi connectivity index (χ1v) is 4.97. The molecular weight excluding hydrogens is 237 g/mol. The van der Waals surface area contributed by atoms with E-state index in [1.165, 1.54) is 13.0 Å². The second-order valence-corrected chi connectivity index (χ2v) is 4.08. The third kappa shape index (κ3) is 1.58. The number of H-pyrrole nitrogens is 1. The van der Waals surface area contributed by atoms with Crippen molar-refractivity contribution < 1.29 is 5.11 Å². The summed E-state index contributed by atoms with van der Waals surface area (Å²) >= 11 is 11.7. The van der Waals surface area contributed by atoms with E-state index >= 15 is 0 Å². The first-order chi connectivity index (χ1) is 7.00. The smallest absolute Gasteiger partial charge is 0.255 e. The summed E-state index contributed by atoms with van der Waals surface area (Å²) in [6, 6.07) is 3.07. The van der Waals surface area contributed by atoms with Crippen molar-refractivity contribution in [3.63, 3.8) is 0 Å². The summed E-state index contributed by atoms with van der Waals surface area (Å²) in [4.78, 5) is 14.0. The van der Waals surface area contributed by atoms with Gasteiger partial charge in [0, 0.05) is 10.4 Å². The number of aromatic hydroxyl groups is 1. The maximum Gasteiger partial charge on any atom is 0.255 e. The molecule has 0 bridgehead atoms. The fraction of sp³-hybridized carbons (Fsp3) is 0.100. The van der Waals surface area contributed by atoms with Gasteiger partial charge in [0.1, 0.15) is 5.75 Å². The van der Waals surface area contributed by atoms with Crippen LogP contribution in [0, 0.1) is 6.92 Å². The Morgan fingerprint density at radius 1 is 1.33 bits per heavy atom. The average Bonchev–Trinajstić information content (AvgIpc) is 2.17. The Hall–Kier alpha value is -1.19. The molecule has 2 aromatic rings. The van der Waals surface area contributed by atoms with Crippen molar-refractivity contribution in [2.24, 2.45) is 0 Å². The van der Waals surface area contributed by atoms with Gasteiger partial charge in [0.05, 0.1) is 16.1 Å². The van der Waals surface area contributed by atoms with Crippen LogP contribution in [-0.2, 0) is 0 Å². The first kappa shape index (κ1) is 10.3. The van der Waals surface area contributed by atoms with E-state index in [9.17, 15) is 9.90 Å². The van der Waals surface area contributed by atoms with Gasteiger partial charge in [-0.05, 0) is 19.1 Å². The number of aromatic nitrogens is 1. The molecule has 1 aromatic heterocycles. The zero-order valence-electron chi connectivity index (χ0n) is 7.77. The third-order valence-electron chi connectivity index (χ3n) is 2.24. The molecule has 0 atom stereocenters. The number of hydrogen-bond donors (Lipinski definition) is 2. The minimum atomic E-state index is -0.357. The van der Waals surface area contributed by atoms with Crippen LogP contribution in [0.15, 0.2) is 16.9 Å². The van der Waals surface area contributed by atoms with Gasteiger partial charge in [0.15, 0.2) is 0 Å². The molecule has 3 nitrogen and oxygen atoms in total. The molecule has 2 N–H and O–H groups in total. The number of rotatable bonds is 0. The summed E-state index contributed by atoms with van der Waals surface area (Å²) in [7, 11) is 0. The molecular formula is C10H7Cl2NO2. The van der Waals surface area contributed by atoms with E-state index in [2.05, 4.69) is 4.98 Å². The molecule has 78 valence electrons. The topological polar surface area (TPSA) is 53.1 Å². The molecule has 15 heavy (non-hydrogen) atoms. The highest BCUT2D eigenvalue weighted by Crippen LogP contribution is 2.31. The molecule has 0 saturated heterocycles. The molecule has 1 aromatic carbocycles. The fourth-order valence-electron chi connectivity index (χ4n) is 1.40. The number of aromatic amines is 1. The fourth-order valence-corrected chi connectivity index (χ4v) is 1.94. The molecule has 0 aliphatic heterocycles. The highest BCUT2D eigenvalue weighted by atomic mass is 35.5. The van der Waals surface area contributed by atoms with Gasteiger partial charge in [0.2, 0.25) is 0 Å². The van der Waals surface area contributed by atoms with Crippen molar-refractivity contribution in [2.45, 2.75) is 6.92 Å². The van der Waals surface area contributed by atoms with Crippen LogP contribution in [0.1, 0.15) is 5.56 Å². The number of halogens is 2. The second kappa shape index (κ2) is 3.43. The predicted octanol–water partition coefficient (Wildman–Crippen LogP) is 2.85. The van der Waals surface area contributed by atoms with E-state index in [1.54, 1.807) is 6.07 Å². The van der Waals surface area contributed by atoms with Crippen molar-refractivity contribution >= 4 is 34.1 Å². The zero-order chi connectivity index (χ0) is 11.2. The Morgan fingerprint density at radius 3 is 2.67 bits per heavy atom. The van der Waals surface area contributed by atoms with Crippen LogP contribution in [0.25, 0.3) is 10.9 Å². The van der Waals surface area contributed by atoms with E-state index in [4.69, 9.17) is 23.2 Å². The summed E-state index contributed by atoms with van der Waals surface area (Å²) < 4.78 is 0. The van der Waals surface area contributed by atoms with Crippen LogP contribution in [0.2, 0.25) is 10.0 Å². The van der Waals surface area contributed by atoms with E-state index < -0.39 is 0 Å². The van der Waals surface area contributed by atoms with E-state index in [0.717, 1.165) is 0 Å². The average molecular weight is 244 g/mol. The summed E-state index contributed by atoms with van der Waals surface area (Å²) in [6.07, 6.45) is 0. The molecule has 0 aliphatic carbocycles. The summed E-state index contributed by atoms with van der Waals surface area (Å²) in [6.45, 7) is 1.53. The van der Waals surface area contributed by atoms with Gasteiger partial charge in [-0.2, -0.15) is 0 Å². The standard InChI is InChI=1S/C10H7Cl2NO2/c1-4-9(14)6-2-5(11)3-7(12)8(6)13-10(4)15/h2-3H,1H3,(H2,13,14,15). The van der Waals surface area contributed by atoms with Gasteiger partial charge >= 0.3 is 0 Å². The molecule has 0 radical (unpaired) electrons. The molecule has 5 heteroatoms. The normalized spacial score (nSPS) is 10.9. The molecule has 0 spiro atoms. The molecule has 0 fully saturated rings. The molecule has 0 aliphatic rings. The quantitative estimate of drug-likeness (QED) is 0.748. The summed E-state index contributed by atoms with van der Waals surface area (Å²) in [5.74, 6) is -0.0850. The SMILES string of the molecule is Cc1c(O)c2cc(Cl)cc(Cl)c2[nH]c1=O. The number of nitrogens with one attached hydrogen (secondary N) is 1. The van der Waals surface area contributed by atoms with E-state index in [-0.39, 0.29) is 16.9 Å². The van der Waals surface area contributed by atoms with Gasteiger partial charge in [-0.25, -0.2) is 0 Å². The van der Waals surface area contributed by atoms with Crippen molar-refractivity contribution in [1.29, 1.82) is 0 Å². The minimum Gasteiger partial charge on any atom is -0.507 e. The Morgan fingerprint density at radius 2 is 2.00 bits per heavy atom. The van der Waals surface area contributed by atoms with Crippen LogP contribution in [-0.4, -0.2) is 10.1 Å². The highest BCUT2D eigenvalue weighted by Gasteiger charge is 2.10. The molecule has 0 unspecified atom stereocenters. The van der Waals surface area contributed by atoms with Crippen molar-refractivity contribution in [2.75, 3.05) is 0 Å². The minimum absolute atomic E-state index is 0.0850. The number of benzene rings is 1. The molecule has 0 saturated carbocycles. The number of hydrogen-bond acceptors (Lipinski definition) is 2.